The van der Waals surface area contributed by atoms with Gasteiger partial charge in [-0.15, -0.1) is 0 Å². The Kier molecular flexibility index (Phi) is 1.62. The summed E-state index contributed by atoms with van der Waals surface area (Å²) in [5, 5.41) is 0. The van der Waals surface area contributed by atoms with Gasteiger partial charge < -0.3 is 9.64 Å². The number of carbonyl (C=O) groups excluding carboxylic acids is 2. The third-order valence-electron chi connectivity index (χ3n) is 2.23. The van der Waals surface area contributed by atoms with Crippen LogP contribution in [-0.2, 0) is 14.3 Å². The lowest BCUT2D eigenvalue weighted by Crippen LogP contribution is -2.64. The van der Waals surface area contributed by atoms with Crippen LogP contribution in [0.1, 0.15) is 13.3 Å². The lowest BCUT2D eigenvalue weighted by molar-refractivity contribution is -0.173. The van der Waals surface area contributed by atoms with E-state index in [9.17, 15) is 9.59 Å². The average molecular weight is 157 g/mol. The van der Waals surface area contributed by atoms with Crippen LogP contribution in [0.25, 0.3) is 0 Å². The third kappa shape index (κ3) is 0.895. The van der Waals surface area contributed by atoms with Crippen LogP contribution in [0.4, 0.5) is 0 Å². The quantitative estimate of drug-likeness (QED) is 0.390. The molecule has 0 aromatic rings. The van der Waals surface area contributed by atoms with Crippen LogP contribution < -0.4 is 0 Å². The molecule has 1 atom stereocenters. The molecule has 1 saturated heterocycles. The number of rotatable bonds is 1. The van der Waals surface area contributed by atoms with Crippen LogP contribution in [0.2, 0.25) is 0 Å². The third-order valence-corrected chi connectivity index (χ3v) is 2.23. The van der Waals surface area contributed by atoms with Crippen molar-refractivity contribution >= 4 is 11.9 Å². The van der Waals surface area contributed by atoms with Crippen LogP contribution in [0, 0.1) is 0 Å². The van der Waals surface area contributed by atoms with Gasteiger partial charge in [-0.3, -0.25) is 4.79 Å². The van der Waals surface area contributed by atoms with E-state index in [1.165, 1.54) is 12.0 Å². The number of esters is 1. The van der Waals surface area contributed by atoms with Gasteiger partial charge in [-0.25, -0.2) is 4.79 Å². The second-order valence-electron chi connectivity index (χ2n) is 2.89. The number of amides is 1. The van der Waals surface area contributed by atoms with E-state index in [4.69, 9.17) is 0 Å². The van der Waals surface area contributed by atoms with Crippen LogP contribution >= 0.6 is 0 Å². The fraction of sp³-hybridized carbons (Fsp3) is 0.714. The Labute approximate surface area is 65.1 Å². The van der Waals surface area contributed by atoms with Crippen LogP contribution in [0.5, 0.6) is 0 Å². The molecule has 1 heterocycles. The van der Waals surface area contributed by atoms with Crippen LogP contribution in [0.15, 0.2) is 0 Å². The molecule has 1 rings (SSSR count). The fourth-order valence-electron chi connectivity index (χ4n) is 1.14. The highest BCUT2D eigenvalue weighted by Crippen LogP contribution is 2.30. The number of β-lactam (4-membered cyclic amide) rings is 1. The van der Waals surface area contributed by atoms with Crippen molar-refractivity contribution in [2.45, 2.75) is 18.9 Å². The van der Waals surface area contributed by atoms with Gasteiger partial charge in [0, 0.05) is 7.05 Å². The molecule has 4 nitrogen and oxygen atoms in total. The van der Waals surface area contributed by atoms with Gasteiger partial charge in [0.05, 0.1) is 13.5 Å². The van der Waals surface area contributed by atoms with Gasteiger partial charge in [-0.05, 0) is 6.92 Å². The molecule has 0 aromatic heterocycles. The number of nitrogens with zero attached hydrogens (tertiary/aromatic N) is 1. The normalized spacial score (nSPS) is 29.7. The molecule has 1 aliphatic heterocycles. The van der Waals surface area contributed by atoms with Crippen molar-refractivity contribution in [3.8, 4) is 0 Å². The van der Waals surface area contributed by atoms with E-state index in [1.807, 2.05) is 0 Å². The molecule has 1 fully saturated rings. The number of ether oxygens (including phenoxy) is 1. The lowest BCUT2D eigenvalue weighted by Gasteiger charge is -2.44. The predicted octanol–water partition coefficient (Wildman–Crippen LogP) is -0.220. The molecular weight excluding hydrogens is 146 g/mol. The standard InChI is InChI=1S/C7H11NO3/c1-7(6(10)11-3)4-5(9)8(7)2/h4H2,1-3H3/t7-/m0/s1. The number of hydrogen-bond acceptors (Lipinski definition) is 3. The monoisotopic (exact) mass is 157 g/mol. The first kappa shape index (κ1) is 8.04. The molecular formula is C7H11NO3. The minimum Gasteiger partial charge on any atom is -0.467 e. The molecule has 0 bridgehead atoms. The van der Waals surface area contributed by atoms with Crippen LogP contribution in [0.3, 0.4) is 0 Å². The van der Waals surface area contributed by atoms with Gasteiger partial charge in [0.15, 0.2) is 0 Å². The predicted molar refractivity (Wildman–Crippen MR) is 37.8 cm³/mol. The number of hydrogen-bond donors (Lipinski definition) is 0. The highest BCUT2D eigenvalue weighted by Gasteiger charge is 2.51. The van der Waals surface area contributed by atoms with E-state index in [0.717, 1.165) is 0 Å². The summed E-state index contributed by atoms with van der Waals surface area (Å²) < 4.78 is 4.54. The zero-order valence-electron chi connectivity index (χ0n) is 6.88. The zero-order chi connectivity index (χ0) is 8.65. The van der Waals surface area contributed by atoms with E-state index in [-0.39, 0.29) is 18.3 Å². The van der Waals surface area contributed by atoms with Gasteiger partial charge in [-0.2, -0.15) is 0 Å². The maximum absolute atomic E-state index is 11.1. The maximum Gasteiger partial charge on any atom is 0.332 e. The minimum absolute atomic E-state index is 0.0158. The molecule has 1 aliphatic rings. The summed E-state index contributed by atoms with van der Waals surface area (Å²) in [5.74, 6) is -0.363. The van der Waals surface area contributed by atoms with Gasteiger partial charge in [-0.1, -0.05) is 0 Å². The zero-order valence-corrected chi connectivity index (χ0v) is 6.88. The highest BCUT2D eigenvalue weighted by atomic mass is 16.5. The van der Waals surface area contributed by atoms with Crippen molar-refractivity contribution in [2.75, 3.05) is 14.2 Å². The molecule has 0 unspecified atom stereocenters. The molecule has 0 aromatic carbocycles. The number of likely N-dealkylation sites (tertiary alicyclic amines) is 1. The Hall–Kier alpha value is -1.06. The smallest absolute Gasteiger partial charge is 0.332 e. The Morgan fingerprint density at radius 1 is 1.73 bits per heavy atom. The summed E-state index contributed by atoms with van der Waals surface area (Å²) in [6.07, 6.45) is 0.260. The van der Waals surface area contributed by atoms with Crippen molar-refractivity contribution < 1.29 is 14.3 Å². The molecule has 0 radical (unpaired) electrons. The van der Waals surface area contributed by atoms with Crippen molar-refractivity contribution in [3.63, 3.8) is 0 Å². The second kappa shape index (κ2) is 2.22. The number of carbonyl (C=O) groups is 2. The molecule has 62 valence electrons. The minimum atomic E-state index is -0.716. The van der Waals surface area contributed by atoms with Crippen molar-refractivity contribution in [1.82, 2.24) is 4.90 Å². The first-order valence-electron chi connectivity index (χ1n) is 3.37. The Morgan fingerprint density at radius 2 is 2.27 bits per heavy atom. The molecule has 4 heteroatoms. The van der Waals surface area contributed by atoms with E-state index in [0.29, 0.717) is 0 Å². The molecule has 1 amide bonds. The van der Waals surface area contributed by atoms with Crippen molar-refractivity contribution in [2.24, 2.45) is 0 Å². The fourth-order valence-corrected chi connectivity index (χ4v) is 1.14. The summed E-state index contributed by atoms with van der Waals surface area (Å²) in [6, 6.07) is 0. The molecule has 0 spiro atoms. The number of likely N-dealkylation sites (N-methyl/N-ethyl adjacent to an activating group) is 1. The summed E-state index contributed by atoms with van der Waals surface area (Å²) >= 11 is 0. The topological polar surface area (TPSA) is 46.6 Å². The number of methoxy groups -OCH3 is 1. The molecule has 0 saturated carbocycles. The van der Waals surface area contributed by atoms with Crippen molar-refractivity contribution in [1.29, 1.82) is 0 Å². The molecule has 11 heavy (non-hydrogen) atoms. The van der Waals surface area contributed by atoms with Gasteiger partial charge >= 0.3 is 5.97 Å². The highest BCUT2D eigenvalue weighted by molar-refractivity contribution is 5.98. The van der Waals surface area contributed by atoms with E-state index in [2.05, 4.69) is 4.74 Å². The first-order valence-corrected chi connectivity index (χ1v) is 3.37. The maximum atomic E-state index is 11.1. The van der Waals surface area contributed by atoms with E-state index in [1.54, 1.807) is 14.0 Å². The van der Waals surface area contributed by atoms with E-state index < -0.39 is 5.54 Å². The first-order chi connectivity index (χ1) is 5.02. The Balaban J connectivity index is 2.72. The summed E-state index contributed by atoms with van der Waals surface area (Å²) in [7, 11) is 2.92. The molecule has 0 N–H and O–H groups in total. The van der Waals surface area contributed by atoms with Gasteiger partial charge in [0.25, 0.3) is 0 Å². The summed E-state index contributed by atoms with van der Waals surface area (Å²) in [6.45, 7) is 1.69. The SMILES string of the molecule is COC(=O)[C@]1(C)CC(=O)N1C. The second-order valence-corrected chi connectivity index (χ2v) is 2.89. The van der Waals surface area contributed by atoms with E-state index >= 15 is 0 Å². The Morgan fingerprint density at radius 3 is 2.55 bits per heavy atom. The van der Waals surface area contributed by atoms with Gasteiger partial charge in [0.1, 0.15) is 5.54 Å². The van der Waals surface area contributed by atoms with Gasteiger partial charge in [0.2, 0.25) is 5.91 Å². The van der Waals surface area contributed by atoms with Crippen molar-refractivity contribution in [3.05, 3.63) is 0 Å². The van der Waals surface area contributed by atoms with Crippen LogP contribution in [-0.4, -0.2) is 36.5 Å². The molecule has 0 aliphatic carbocycles. The summed E-state index contributed by atoms with van der Waals surface area (Å²) in [5.41, 5.74) is -0.716. The average Bonchev–Trinajstić information content (AvgIpc) is 2.02. The summed E-state index contributed by atoms with van der Waals surface area (Å²) in [4.78, 5) is 23.2. The Bertz CT molecular complexity index is 214. The largest absolute Gasteiger partial charge is 0.467 e. The lowest BCUT2D eigenvalue weighted by atomic mass is 9.87.